The highest BCUT2D eigenvalue weighted by Gasteiger charge is 2.34. The van der Waals surface area contributed by atoms with Crippen molar-refractivity contribution < 1.29 is 9.47 Å². The summed E-state index contributed by atoms with van der Waals surface area (Å²) in [6, 6.07) is 0. The van der Waals surface area contributed by atoms with Crippen molar-refractivity contribution in [3.63, 3.8) is 0 Å². The molecule has 0 aliphatic heterocycles. The zero-order valence-electron chi connectivity index (χ0n) is 10.7. The van der Waals surface area contributed by atoms with Crippen molar-refractivity contribution in [2.45, 2.75) is 52.2 Å². The summed E-state index contributed by atoms with van der Waals surface area (Å²) in [5, 5.41) is 0. The van der Waals surface area contributed by atoms with Gasteiger partial charge in [-0.2, -0.15) is 0 Å². The molecule has 0 radical (unpaired) electrons. The molecule has 0 heterocycles. The van der Waals surface area contributed by atoms with Crippen LogP contribution in [0.25, 0.3) is 0 Å². The Labute approximate surface area is 93.7 Å². The molecule has 0 amide bonds. The molecule has 0 aromatic carbocycles. The second-order valence-electron chi connectivity index (χ2n) is 4.88. The van der Waals surface area contributed by atoms with Crippen molar-refractivity contribution in [1.29, 1.82) is 0 Å². The van der Waals surface area contributed by atoms with Crippen LogP contribution in [0.1, 0.15) is 40.5 Å². The van der Waals surface area contributed by atoms with Gasteiger partial charge in [-0.25, -0.2) is 0 Å². The highest BCUT2D eigenvalue weighted by atomic mass is 16.5. The third-order valence-corrected chi connectivity index (χ3v) is 3.51. The standard InChI is InChI=1S/C13H24O2/c1-6-15-13(3,4)11-8-7-10(2)12(9-11)14-5/h7,11-12H,6,8-9H2,1-5H3/t11-,12+/m0/s1. The quantitative estimate of drug-likeness (QED) is 0.666. The van der Waals surface area contributed by atoms with Gasteiger partial charge in [-0.3, -0.25) is 0 Å². The van der Waals surface area contributed by atoms with Crippen molar-refractivity contribution in [1.82, 2.24) is 0 Å². The van der Waals surface area contributed by atoms with Gasteiger partial charge in [0.05, 0.1) is 11.7 Å². The second kappa shape index (κ2) is 5.13. The molecule has 2 atom stereocenters. The van der Waals surface area contributed by atoms with Gasteiger partial charge in [-0.05, 0) is 52.0 Å². The van der Waals surface area contributed by atoms with Crippen LogP contribution < -0.4 is 0 Å². The van der Waals surface area contributed by atoms with Crippen LogP contribution in [0.5, 0.6) is 0 Å². The van der Waals surface area contributed by atoms with Crippen molar-refractivity contribution in [2.75, 3.05) is 13.7 Å². The van der Waals surface area contributed by atoms with Crippen LogP contribution in [0.3, 0.4) is 0 Å². The Kier molecular flexibility index (Phi) is 4.35. The molecule has 2 nitrogen and oxygen atoms in total. The Morgan fingerprint density at radius 3 is 2.67 bits per heavy atom. The summed E-state index contributed by atoms with van der Waals surface area (Å²) in [5.41, 5.74) is 1.32. The maximum Gasteiger partial charge on any atom is 0.0782 e. The minimum absolute atomic E-state index is 0.0390. The molecular formula is C13H24O2. The monoisotopic (exact) mass is 212 g/mol. The average Bonchev–Trinajstić information content (AvgIpc) is 2.18. The molecule has 0 unspecified atom stereocenters. The first-order valence-electron chi connectivity index (χ1n) is 5.84. The molecule has 0 bridgehead atoms. The van der Waals surface area contributed by atoms with E-state index in [2.05, 4.69) is 33.8 Å². The first kappa shape index (κ1) is 12.7. The summed E-state index contributed by atoms with van der Waals surface area (Å²) in [6.45, 7) is 9.35. The predicted octanol–water partition coefficient (Wildman–Crippen LogP) is 3.17. The van der Waals surface area contributed by atoms with Gasteiger partial charge in [-0.15, -0.1) is 0 Å². The van der Waals surface area contributed by atoms with Crippen LogP contribution in [0.15, 0.2) is 11.6 Å². The minimum Gasteiger partial charge on any atom is -0.377 e. The van der Waals surface area contributed by atoms with E-state index in [1.165, 1.54) is 5.57 Å². The molecule has 1 aliphatic rings. The third kappa shape index (κ3) is 3.05. The van der Waals surface area contributed by atoms with Crippen LogP contribution in [0.4, 0.5) is 0 Å². The van der Waals surface area contributed by atoms with E-state index in [-0.39, 0.29) is 11.7 Å². The molecule has 0 fully saturated rings. The smallest absolute Gasteiger partial charge is 0.0782 e. The Morgan fingerprint density at radius 1 is 1.47 bits per heavy atom. The van der Waals surface area contributed by atoms with Crippen molar-refractivity contribution in [3.8, 4) is 0 Å². The molecule has 0 saturated heterocycles. The Hall–Kier alpha value is -0.340. The van der Waals surface area contributed by atoms with E-state index in [9.17, 15) is 0 Å². The molecule has 0 aromatic heterocycles. The molecule has 1 aliphatic carbocycles. The predicted molar refractivity (Wildman–Crippen MR) is 63.0 cm³/mol. The Bertz CT molecular complexity index is 231. The van der Waals surface area contributed by atoms with Crippen LogP contribution >= 0.6 is 0 Å². The first-order valence-corrected chi connectivity index (χ1v) is 5.84. The highest BCUT2D eigenvalue weighted by Crippen LogP contribution is 2.35. The number of rotatable bonds is 4. The van der Waals surface area contributed by atoms with Crippen LogP contribution in [-0.4, -0.2) is 25.4 Å². The van der Waals surface area contributed by atoms with E-state index in [0.29, 0.717) is 5.92 Å². The van der Waals surface area contributed by atoms with E-state index in [1.54, 1.807) is 7.11 Å². The molecule has 0 aromatic rings. The molecule has 15 heavy (non-hydrogen) atoms. The number of methoxy groups -OCH3 is 1. The number of ether oxygens (including phenoxy) is 2. The van der Waals surface area contributed by atoms with Crippen molar-refractivity contribution >= 4 is 0 Å². The summed E-state index contributed by atoms with van der Waals surface area (Å²) in [4.78, 5) is 0. The number of allylic oxidation sites excluding steroid dienone is 1. The largest absolute Gasteiger partial charge is 0.377 e. The summed E-state index contributed by atoms with van der Waals surface area (Å²) >= 11 is 0. The normalized spacial score (nSPS) is 27.7. The lowest BCUT2D eigenvalue weighted by Crippen LogP contribution is -2.38. The number of hydrogen-bond donors (Lipinski definition) is 0. The van der Waals surface area contributed by atoms with Crippen LogP contribution in [0, 0.1) is 5.92 Å². The van der Waals surface area contributed by atoms with Gasteiger partial charge >= 0.3 is 0 Å². The molecular weight excluding hydrogens is 188 g/mol. The van der Waals surface area contributed by atoms with Crippen LogP contribution in [0.2, 0.25) is 0 Å². The second-order valence-corrected chi connectivity index (χ2v) is 4.88. The van der Waals surface area contributed by atoms with Gasteiger partial charge in [0, 0.05) is 13.7 Å². The van der Waals surface area contributed by atoms with Crippen LogP contribution in [-0.2, 0) is 9.47 Å². The van der Waals surface area contributed by atoms with E-state index in [1.807, 2.05) is 0 Å². The van der Waals surface area contributed by atoms with E-state index in [4.69, 9.17) is 9.47 Å². The first-order chi connectivity index (χ1) is 7.01. The molecule has 88 valence electrons. The van der Waals surface area contributed by atoms with E-state index < -0.39 is 0 Å². The lowest BCUT2D eigenvalue weighted by molar-refractivity contribution is -0.0691. The SMILES string of the molecule is CCOC(C)(C)[C@H]1CC=C(C)[C@H](OC)C1. The summed E-state index contributed by atoms with van der Waals surface area (Å²) in [5.74, 6) is 0.561. The fourth-order valence-electron chi connectivity index (χ4n) is 2.34. The minimum atomic E-state index is -0.0390. The van der Waals surface area contributed by atoms with Gasteiger partial charge in [0.2, 0.25) is 0 Å². The highest BCUT2D eigenvalue weighted by molar-refractivity contribution is 5.11. The van der Waals surface area contributed by atoms with E-state index in [0.717, 1.165) is 19.4 Å². The van der Waals surface area contributed by atoms with Gasteiger partial charge in [0.1, 0.15) is 0 Å². The molecule has 0 saturated carbocycles. The van der Waals surface area contributed by atoms with Gasteiger partial charge in [0.15, 0.2) is 0 Å². The Morgan fingerprint density at radius 2 is 2.13 bits per heavy atom. The van der Waals surface area contributed by atoms with Gasteiger partial charge in [-0.1, -0.05) is 6.08 Å². The summed E-state index contributed by atoms with van der Waals surface area (Å²) in [6.07, 6.45) is 4.76. The maximum absolute atomic E-state index is 5.81. The molecule has 0 N–H and O–H groups in total. The number of hydrogen-bond acceptors (Lipinski definition) is 2. The zero-order chi connectivity index (χ0) is 11.5. The zero-order valence-corrected chi connectivity index (χ0v) is 10.7. The third-order valence-electron chi connectivity index (χ3n) is 3.51. The summed E-state index contributed by atoms with van der Waals surface area (Å²) in [7, 11) is 1.79. The molecule has 2 heteroatoms. The fourth-order valence-corrected chi connectivity index (χ4v) is 2.34. The molecule has 1 rings (SSSR count). The lowest BCUT2D eigenvalue weighted by atomic mass is 9.78. The fraction of sp³-hybridized carbons (Fsp3) is 0.846. The van der Waals surface area contributed by atoms with Gasteiger partial charge < -0.3 is 9.47 Å². The van der Waals surface area contributed by atoms with Crippen molar-refractivity contribution in [2.24, 2.45) is 5.92 Å². The lowest BCUT2D eigenvalue weighted by Gasteiger charge is -2.38. The van der Waals surface area contributed by atoms with Gasteiger partial charge in [0.25, 0.3) is 0 Å². The summed E-state index contributed by atoms with van der Waals surface area (Å²) < 4.78 is 11.3. The van der Waals surface area contributed by atoms with E-state index >= 15 is 0 Å². The Balaban J connectivity index is 2.67. The van der Waals surface area contributed by atoms with Crippen molar-refractivity contribution in [3.05, 3.63) is 11.6 Å². The average molecular weight is 212 g/mol. The topological polar surface area (TPSA) is 18.5 Å². The maximum atomic E-state index is 5.81. The molecule has 0 spiro atoms.